The van der Waals surface area contributed by atoms with Crippen LogP contribution in [0.15, 0.2) is 60.8 Å². The third-order valence-corrected chi connectivity index (χ3v) is 3.89. The van der Waals surface area contributed by atoms with E-state index in [9.17, 15) is 4.79 Å². The van der Waals surface area contributed by atoms with Gasteiger partial charge in [0.2, 0.25) is 0 Å². The van der Waals surface area contributed by atoms with Crippen LogP contribution in [0.2, 0.25) is 10.0 Å². The molecule has 1 amide bonds. The smallest absolute Gasteiger partial charge is 0.255 e. The highest BCUT2D eigenvalue weighted by molar-refractivity contribution is 6.35. The van der Waals surface area contributed by atoms with Crippen LogP contribution in [-0.2, 0) is 0 Å². The van der Waals surface area contributed by atoms with E-state index in [1.807, 2.05) is 6.07 Å². The molecule has 26 heavy (non-hydrogen) atoms. The first-order valence-corrected chi connectivity index (χ1v) is 8.30. The number of amides is 1. The molecule has 0 spiro atoms. The van der Waals surface area contributed by atoms with Gasteiger partial charge < -0.3 is 10.6 Å². The molecule has 0 unspecified atom stereocenters. The number of aromatic nitrogens is 1. The lowest BCUT2D eigenvalue weighted by atomic mass is 10.2. The Morgan fingerprint density at radius 3 is 2.50 bits per heavy atom. The van der Waals surface area contributed by atoms with Crippen molar-refractivity contribution in [1.82, 2.24) is 4.98 Å². The zero-order valence-corrected chi connectivity index (χ0v) is 14.8. The minimum atomic E-state index is -0.331. The lowest BCUT2D eigenvalue weighted by molar-refractivity contribution is 0.102. The third-order valence-electron chi connectivity index (χ3n) is 3.45. The summed E-state index contributed by atoms with van der Waals surface area (Å²) in [6, 6.07) is 17.1. The molecule has 0 fully saturated rings. The van der Waals surface area contributed by atoms with Crippen molar-refractivity contribution in [3.05, 3.63) is 82.0 Å². The van der Waals surface area contributed by atoms with Crippen molar-refractivity contribution in [1.29, 1.82) is 5.26 Å². The van der Waals surface area contributed by atoms with Gasteiger partial charge in [-0.25, -0.2) is 4.98 Å². The molecule has 0 atom stereocenters. The molecule has 0 bridgehead atoms. The summed E-state index contributed by atoms with van der Waals surface area (Å²) in [6.07, 6.45) is 1.51. The van der Waals surface area contributed by atoms with Crippen molar-refractivity contribution in [2.75, 3.05) is 10.6 Å². The lowest BCUT2D eigenvalue weighted by Crippen LogP contribution is -2.12. The number of carbonyl (C=O) groups is 1. The molecule has 2 N–H and O–H groups in total. The number of nitriles is 1. The second kappa shape index (κ2) is 7.87. The molecule has 1 heterocycles. The Kier molecular flexibility index (Phi) is 5.37. The Morgan fingerprint density at radius 1 is 1.04 bits per heavy atom. The fourth-order valence-electron chi connectivity index (χ4n) is 2.30. The lowest BCUT2D eigenvalue weighted by Gasteiger charge is -2.10. The Bertz CT molecular complexity index is 994. The van der Waals surface area contributed by atoms with Gasteiger partial charge in [-0.1, -0.05) is 35.3 Å². The number of nitrogens with one attached hydrogen (secondary N) is 2. The number of halogens is 2. The van der Waals surface area contributed by atoms with E-state index in [2.05, 4.69) is 21.7 Å². The van der Waals surface area contributed by atoms with Crippen LogP contribution in [0.4, 0.5) is 17.2 Å². The van der Waals surface area contributed by atoms with Crippen LogP contribution in [0, 0.1) is 11.3 Å². The van der Waals surface area contributed by atoms with Crippen molar-refractivity contribution in [2.24, 2.45) is 0 Å². The Hall–Kier alpha value is -3.07. The number of anilines is 3. The maximum absolute atomic E-state index is 12.5. The number of hydrogen-bond donors (Lipinski definition) is 2. The summed E-state index contributed by atoms with van der Waals surface area (Å²) in [6.45, 7) is 0. The first kappa shape index (κ1) is 17.7. The molecule has 7 heteroatoms. The molecule has 0 aliphatic carbocycles. The van der Waals surface area contributed by atoms with Crippen LogP contribution in [0.25, 0.3) is 0 Å². The first-order chi connectivity index (χ1) is 12.5. The molecule has 3 rings (SSSR count). The van der Waals surface area contributed by atoms with Gasteiger partial charge in [-0.15, -0.1) is 0 Å². The molecule has 128 valence electrons. The molecule has 0 aliphatic rings. The average molecular weight is 383 g/mol. The number of hydrogen-bond acceptors (Lipinski definition) is 4. The fraction of sp³-hybridized carbons (Fsp3) is 0. The third kappa shape index (κ3) is 4.31. The minimum absolute atomic E-state index is 0.331. The number of benzene rings is 2. The van der Waals surface area contributed by atoms with Gasteiger partial charge in [0.25, 0.3) is 5.91 Å². The van der Waals surface area contributed by atoms with Gasteiger partial charge in [-0.05, 0) is 42.5 Å². The van der Waals surface area contributed by atoms with Gasteiger partial charge in [0.1, 0.15) is 11.9 Å². The van der Waals surface area contributed by atoms with Crippen molar-refractivity contribution >= 4 is 46.3 Å². The molecule has 0 saturated carbocycles. The van der Waals surface area contributed by atoms with Gasteiger partial charge >= 0.3 is 0 Å². The zero-order valence-electron chi connectivity index (χ0n) is 13.3. The fourth-order valence-corrected chi connectivity index (χ4v) is 2.82. The van der Waals surface area contributed by atoms with Gasteiger partial charge in [0.15, 0.2) is 0 Å². The van der Waals surface area contributed by atoms with E-state index in [-0.39, 0.29) is 5.91 Å². The number of nitrogens with zero attached hydrogens (tertiary/aromatic N) is 2. The molecular weight excluding hydrogens is 371 g/mol. The second-order valence-electron chi connectivity index (χ2n) is 5.32. The standard InChI is InChI=1S/C19H12Cl2N4O/c20-14-8-15(21)10-16(9-14)24-19(26)12-5-6-23-18(7-12)25-17-4-2-1-3-13(17)11-22/h1-10H,(H,23,25)(H,24,26). The van der Waals surface area contributed by atoms with Gasteiger partial charge in [-0.2, -0.15) is 5.26 Å². The molecule has 5 nitrogen and oxygen atoms in total. The van der Waals surface area contributed by atoms with E-state index in [1.54, 1.807) is 48.5 Å². The van der Waals surface area contributed by atoms with Crippen molar-refractivity contribution < 1.29 is 4.79 Å². The maximum Gasteiger partial charge on any atom is 0.255 e. The van der Waals surface area contributed by atoms with E-state index in [1.165, 1.54) is 6.20 Å². The van der Waals surface area contributed by atoms with Crippen LogP contribution < -0.4 is 10.6 Å². The molecule has 0 aliphatic heterocycles. The van der Waals surface area contributed by atoms with E-state index in [4.69, 9.17) is 28.5 Å². The van der Waals surface area contributed by atoms with Crippen LogP contribution in [0.1, 0.15) is 15.9 Å². The normalized spacial score (nSPS) is 10.0. The van der Waals surface area contributed by atoms with Crippen molar-refractivity contribution in [2.45, 2.75) is 0 Å². The molecule has 0 radical (unpaired) electrons. The van der Waals surface area contributed by atoms with Gasteiger partial charge in [0, 0.05) is 27.5 Å². The van der Waals surface area contributed by atoms with E-state index >= 15 is 0 Å². The van der Waals surface area contributed by atoms with Gasteiger partial charge in [0.05, 0.1) is 11.3 Å². The van der Waals surface area contributed by atoms with Crippen molar-refractivity contribution in [3.8, 4) is 6.07 Å². The monoisotopic (exact) mass is 382 g/mol. The highest BCUT2D eigenvalue weighted by Gasteiger charge is 2.10. The summed E-state index contributed by atoms with van der Waals surface area (Å²) < 4.78 is 0. The average Bonchev–Trinajstić information content (AvgIpc) is 2.61. The summed E-state index contributed by atoms with van der Waals surface area (Å²) in [4.78, 5) is 16.6. The highest BCUT2D eigenvalue weighted by atomic mass is 35.5. The van der Waals surface area contributed by atoms with E-state index in [0.29, 0.717) is 38.4 Å². The van der Waals surface area contributed by atoms with Crippen LogP contribution in [0.3, 0.4) is 0 Å². The number of carbonyl (C=O) groups excluding carboxylic acids is 1. The predicted molar refractivity (Wildman–Crippen MR) is 103 cm³/mol. The second-order valence-corrected chi connectivity index (χ2v) is 6.20. The largest absolute Gasteiger partial charge is 0.339 e. The van der Waals surface area contributed by atoms with E-state index in [0.717, 1.165) is 0 Å². The SMILES string of the molecule is N#Cc1ccccc1Nc1cc(C(=O)Nc2cc(Cl)cc(Cl)c2)ccn1. The highest BCUT2D eigenvalue weighted by Crippen LogP contribution is 2.23. The van der Waals surface area contributed by atoms with Gasteiger partial charge in [-0.3, -0.25) is 4.79 Å². The van der Waals surface area contributed by atoms with Crippen LogP contribution in [0.5, 0.6) is 0 Å². The summed E-state index contributed by atoms with van der Waals surface area (Å²) in [5.41, 5.74) is 1.99. The topological polar surface area (TPSA) is 77.8 Å². The molecule has 1 aromatic heterocycles. The van der Waals surface area contributed by atoms with Crippen molar-refractivity contribution in [3.63, 3.8) is 0 Å². The quantitative estimate of drug-likeness (QED) is 0.645. The molecular formula is C19H12Cl2N4O. The Balaban J connectivity index is 1.80. The maximum atomic E-state index is 12.5. The Morgan fingerprint density at radius 2 is 1.77 bits per heavy atom. The number of pyridine rings is 1. The van der Waals surface area contributed by atoms with Crippen LogP contribution >= 0.6 is 23.2 Å². The Labute approximate surface area is 160 Å². The zero-order chi connectivity index (χ0) is 18.5. The molecule has 2 aromatic carbocycles. The summed E-state index contributed by atoms with van der Waals surface area (Å²) >= 11 is 11.9. The molecule has 3 aromatic rings. The number of para-hydroxylation sites is 1. The predicted octanol–water partition coefficient (Wildman–Crippen LogP) is 5.26. The summed E-state index contributed by atoms with van der Waals surface area (Å²) in [5, 5.41) is 15.8. The van der Waals surface area contributed by atoms with E-state index < -0.39 is 0 Å². The minimum Gasteiger partial charge on any atom is -0.339 e. The first-order valence-electron chi connectivity index (χ1n) is 7.55. The summed E-state index contributed by atoms with van der Waals surface area (Å²) in [5.74, 6) is 0.117. The number of rotatable bonds is 4. The molecule has 0 saturated heterocycles. The van der Waals surface area contributed by atoms with Crippen LogP contribution in [-0.4, -0.2) is 10.9 Å². The summed E-state index contributed by atoms with van der Waals surface area (Å²) in [7, 11) is 0.